The Bertz CT molecular complexity index is 1200. The van der Waals surface area contributed by atoms with Crippen LogP contribution in [0, 0.1) is 13.8 Å². The van der Waals surface area contributed by atoms with Gasteiger partial charge in [0, 0.05) is 11.3 Å². The van der Waals surface area contributed by atoms with E-state index in [1.807, 2.05) is 6.07 Å². The molecule has 0 saturated carbocycles. The van der Waals surface area contributed by atoms with Gasteiger partial charge in [-0.15, -0.1) is 5.10 Å². The van der Waals surface area contributed by atoms with E-state index in [2.05, 4.69) is 26.0 Å². The van der Waals surface area contributed by atoms with E-state index in [4.69, 9.17) is 27.7 Å². The fourth-order valence-electron chi connectivity index (χ4n) is 2.91. The van der Waals surface area contributed by atoms with Gasteiger partial charge in [-0.05, 0) is 54.6 Å². The van der Waals surface area contributed by atoms with E-state index in [0.29, 0.717) is 38.6 Å². The number of rotatable bonds is 4. The second-order valence-corrected chi connectivity index (χ2v) is 7.02. The number of carbonyl (C=O) groups is 1. The zero-order valence-corrected chi connectivity index (χ0v) is 16.9. The second-order valence-electron chi connectivity index (χ2n) is 6.20. The Hall–Kier alpha value is -3.23. The van der Waals surface area contributed by atoms with Crippen LogP contribution in [0.3, 0.4) is 0 Å². The largest absolute Gasteiger partial charge is 0.360 e. The van der Waals surface area contributed by atoms with E-state index in [0.717, 1.165) is 0 Å². The number of benzene rings is 2. The van der Waals surface area contributed by atoms with Gasteiger partial charge < -0.3 is 9.84 Å². The average Bonchev–Trinajstić information content (AvgIpc) is 3.27. The van der Waals surface area contributed by atoms with Crippen LogP contribution in [0.1, 0.15) is 21.9 Å². The van der Waals surface area contributed by atoms with Gasteiger partial charge in [-0.25, -0.2) is 0 Å². The fourth-order valence-corrected chi connectivity index (χ4v) is 3.49. The van der Waals surface area contributed by atoms with Gasteiger partial charge in [0.2, 0.25) is 0 Å². The second kappa shape index (κ2) is 7.65. The van der Waals surface area contributed by atoms with E-state index in [1.165, 1.54) is 0 Å². The number of hydrogen-bond donors (Lipinski definition) is 1. The lowest BCUT2D eigenvalue weighted by Crippen LogP contribution is -2.14. The van der Waals surface area contributed by atoms with Gasteiger partial charge in [-0.2, -0.15) is 4.68 Å². The minimum absolute atomic E-state index is 0.254. The SMILES string of the molecule is Cc1onc(-c2c(Cl)cccc2Cl)c1C(=O)Nc1cccc(-n2nnnc2C)c1. The Morgan fingerprint density at radius 3 is 2.52 bits per heavy atom. The maximum atomic E-state index is 13.0. The molecule has 0 atom stereocenters. The van der Waals surface area contributed by atoms with Crippen molar-refractivity contribution in [1.82, 2.24) is 25.4 Å². The monoisotopic (exact) mass is 428 g/mol. The van der Waals surface area contributed by atoms with Crippen LogP contribution in [0.15, 0.2) is 47.0 Å². The molecule has 0 aliphatic rings. The first-order valence-corrected chi connectivity index (χ1v) is 9.28. The number of amides is 1. The molecule has 0 fully saturated rings. The molecule has 4 rings (SSSR count). The smallest absolute Gasteiger partial charge is 0.261 e. The number of aromatic nitrogens is 5. The van der Waals surface area contributed by atoms with Crippen molar-refractivity contribution >= 4 is 34.8 Å². The quantitative estimate of drug-likeness (QED) is 0.513. The first-order chi connectivity index (χ1) is 14.0. The molecule has 0 unspecified atom stereocenters. The Morgan fingerprint density at radius 1 is 1.10 bits per heavy atom. The summed E-state index contributed by atoms with van der Waals surface area (Å²) in [5.74, 6) is 0.570. The number of nitrogens with zero attached hydrogens (tertiary/aromatic N) is 5. The van der Waals surface area contributed by atoms with Crippen molar-refractivity contribution in [1.29, 1.82) is 0 Å². The van der Waals surface area contributed by atoms with Crippen molar-refractivity contribution < 1.29 is 9.32 Å². The minimum Gasteiger partial charge on any atom is -0.360 e. The molecule has 29 heavy (non-hydrogen) atoms. The maximum absolute atomic E-state index is 13.0. The molecule has 0 spiro atoms. The van der Waals surface area contributed by atoms with Crippen molar-refractivity contribution in [2.24, 2.45) is 0 Å². The molecule has 2 aromatic heterocycles. The standard InChI is InChI=1S/C19H14Cl2N6O2/c1-10-16(18(24-29-10)17-14(20)7-4-8-15(17)21)19(28)22-12-5-3-6-13(9-12)27-11(2)23-25-26-27/h3-9H,1-2H3,(H,22,28). The van der Waals surface area contributed by atoms with Crippen LogP contribution in [0.5, 0.6) is 0 Å². The van der Waals surface area contributed by atoms with Crippen LogP contribution in [-0.2, 0) is 0 Å². The molecule has 0 radical (unpaired) electrons. The molecular weight excluding hydrogens is 415 g/mol. The number of anilines is 1. The summed E-state index contributed by atoms with van der Waals surface area (Å²) >= 11 is 12.6. The highest BCUT2D eigenvalue weighted by molar-refractivity contribution is 6.39. The number of tetrazole rings is 1. The number of hydrogen-bond acceptors (Lipinski definition) is 6. The summed E-state index contributed by atoms with van der Waals surface area (Å²) in [6.45, 7) is 3.43. The Morgan fingerprint density at radius 2 is 1.83 bits per heavy atom. The third-order valence-electron chi connectivity index (χ3n) is 4.26. The molecule has 2 aromatic carbocycles. The minimum atomic E-state index is -0.402. The van der Waals surface area contributed by atoms with E-state index in [1.54, 1.807) is 54.9 Å². The lowest BCUT2D eigenvalue weighted by Gasteiger charge is -2.09. The van der Waals surface area contributed by atoms with Crippen LogP contribution in [0.4, 0.5) is 5.69 Å². The molecule has 8 nitrogen and oxygen atoms in total. The highest BCUT2D eigenvalue weighted by atomic mass is 35.5. The van der Waals surface area contributed by atoms with Crippen LogP contribution >= 0.6 is 23.2 Å². The summed E-state index contributed by atoms with van der Waals surface area (Å²) < 4.78 is 6.82. The van der Waals surface area contributed by atoms with E-state index < -0.39 is 5.91 Å². The Labute approximate surface area is 175 Å². The summed E-state index contributed by atoms with van der Waals surface area (Å²) in [6.07, 6.45) is 0. The normalized spacial score (nSPS) is 10.9. The predicted molar refractivity (Wildman–Crippen MR) is 109 cm³/mol. The summed E-state index contributed by atoms with van der Waals surface area (Å²) in [6, 6.07) is 12.2. The van der Waals surface area contributed by atoms with Crippen LogP contribution in [-0.4, -0.2) is 31.3 Å². The van der Waals surface area contributed by atoms with Crippen LogP contribution in [0.25, 0.3) is 16.9 Å². The van der Waals surface area contributed by atoms with Crippen molar-refractivity contribution in [3.8, 4) is 16.9 Å². The molecule has 1 N–H and O–H groups in total. The zero-order chi connectivity index (χ0) is 20.5. The van der Waals surface area contributed by atoms with E-state index >= 15 is 0 Å². The molecule has 146 valence electrons. The first-order valence-electron chi connectivity index (χ1n) is 8.53. The Balaban J connectivity index is 1.69. The highest BCUT2D eigenvalue weighted by Crippen LogP contribution is 2.37. The van der Waals surface area contributed by atoms with Crippen LogP contribution in [0.2, 0.25) is 10.0 Å². The van der Waals surface area contributed by atoms with Gasteiger partial charge in [0.05, 0.1) is 15.7 Å². The highest BCUT2D eigenvalue weighted by Gasteiger charge is 2.25. The summed E-state index contributed by atoms with van der Waals surface area (Å²) in [7, 11) is 0. The van der Waals surface area contributed by atoms with E-state index in [9.17, 15) is 4.79 Å². The summed E-state index contributed by atoms with van der Waals surface area (Å²) in [5, 5.41) is 19.0. The van der Waals surface area contributed by atoms with Crippen molar-refractivity contribution in [2.45, 2.75) is 13.8 Å². The topological polar surface area (TPSA) is 98.7 Å². The molecule has 0 saturated heterocycles. The molecular formula is C19H14Cl2N6O2. The lowest BCUT2D eigenvalue weighted by molar-refractivity contribution is 0.102. The average molecular weight is 429 g/mol. The predicted octanol–water partition coefficient (Wildman–Crippen LogP) is 4.49. The third-order valence-corrected chi connectivity index (χ3v) is 4.89. The molecule has 0 aliphatic carbocycles. The zero-order valence-electron chi connectivity index (χ0n) is 15.3. The number of aryl methyl sites for hydroxylation is 2. The van der Waals surface area contributed by atoms with Crippen molar-refractivity contribution in [3.63, 3.8) is 0 Å². The van der Waals surface area contributed by atoms with Gasteiger partial charge in [-0.1, -0.05) is 40.5 Å². The molecule has 2 heterocycles. The number of nitrogens with one attached hydrogen (secondary N) is 1. The van der Waals surface area contributed by atoms with Gasteiger partial charge in [-0.3, -0.25) is 4.79 Å². The van der Waals surface area contributed by atoms with Gasteiger partial charge >= 0.3 is 0 Å². The van der Waals surface area contributed by atoms with E-state index in [-0.39, 0.29) is 11.3 Å². The number of carbonyl (C=O) groups excluding carboxylic acids is 1. The first kappa shape index (κ1) is 19.1. The number of halogens is 2. The summed E-state index contributed by atoms with van der Waals surface area (Å²) in [4.78, 5) is 13.0. The fraction of sp³-hybridized carbons (Fsp3) is 0.105. The third kappa shape index (κ3) is 3.59. The van der Waals surface area contributed by atoms with Crippen molar-refractivity contribution in [2.75, 3.05) is 5.32 Å². The molecule has 10 heteroatoms. The molecule has 0 aliphatic heterocycles. The molecule has 0 bridgehead atoms. The van der Waals surface area contributed by atoms with Gasteiger partial charge in [0.1, 0.15) is 17.0 Å². The maximum Gasteiger partial charge on any atom is 0.261 e. The summed E-state index contributed by atoms with van der Waals surface area (Å²) in [5.41, 5.74) is 2.24. The van der Waals surface area contributed by atoms with Crippen molar-refractivity contribution in [3.05, 3.63) is 69.7 Å². The van der Waals surface area contributed by atoms with Crippen LogP contribution < -0.4 is 5.32 Å². The Kier molecular flexibility index (Phi) is 5.04. The van der Waals surface area contributed by atoms with Gasteiger partial charge in [0.25, 0.3) is 5.91 Å². The molecule has 1 amide bonds. The van der Waals surface area contributed by atoms with Gasteiger partial charge in [0.15, 0.2) is 5.82 Å². The molecule has 4 aromatic rings. The lowest BCUT2D eigenvalue weighted by atomic mass is 10.1.